The summed E-state index contributed by atoms with van der Waals surface area (Å²) in [7, 11) is 3.47. The lowest BCUT2D eigenvalue weighted by Crippen LogP contribution is -2.20. The Labute approximate surface area is 196 Å². The first kappa shape index (κ1) is 24.1. The maximum absolute atomic E-state index is 13.4. The van der Waals surface area contributed by atoms with Crippen LogP contribution in [0.2, 0.25) is 0 Å². The highest BCUT2D eigenvalue weighted by Crippen LogP contribution is 2.36. The predicted molar refractivity (Wildman–Crippen MR) is 122 cm³/mol. The second-order valence-electron chi connectivity index (χ2n) is 8.49. The molecular weight excluding hydrogens is 447 g/mol. The number of halogens is 3. The fraction of sp³-hybridized carbons (Fsp3) is 0.440. The molecule has 2 aromatic carbocycles. The molecule has 0 spiro atoms. The van der Waals surface area contributed by atoms with Crippen LogP contribution in [0.4, 0.5) is 13.2 Å². The normalized spacial score (nSPS) is 17.9. The monoisotopic (exact) mass is 475 g/mol. The quantitative estimate of drug-likeness (QED) is 0.518. The number of hydrogen-bond acceptors (Lipinski definition) is 5. The van der Waals surface area contributed by atoms with E-state index in [9.17, 15) is 13.2 Å². The fourth-order valence-corrected chi connectivity index (χ4v) is 4.27. The van der Waals surface area contributed by atoms with Crippen LogP contribution in [0.15, 0.2) is 35.3 Å². The molecule has 0 radical (unpaired) electrons. The Hall–Kier alpha value is -3.07. The van der Waals surface area contributed by atoms with Crippen LogP contribution in [0.1, 0.15) is 41.9 Å². The van der Waals surface area contributed by atoms with Crippen molar-refractivity contribution in [3.05, 3.63) is 58.3 Å². The fourth-order valence-electron chi connectivity index (χ4n) is 4.27. The Morgan fingerprint density at radius 1 is 1.21 bits per heavy atom. The average Bonchev–Trinajstić information content (AvgIpc) is 3.29. The minimum atomic E-state index is -4.42. The first-order valence-corrected chi connectivity index (χ1v) is 11.1. The van der Waals surface area contributed by atoms with Gasteiger partial charge in [0.25, 0.3) is 0 Å². The molecule has 9 heteroatoms. The van der Waals surface area contributed by atoms with Gasteiger partial charge >= 0.3 is 6.18 Å². The van der Waals surface area contributed by atoms with Crippen LogP contribution in [0, 0.1) is 13.8 Å². The standard InChI is InChI=1S/C25H28F3N3O3/c1-14-18(7-6-8-20(14)25(26,27)28)15(2)29-24-19-11-23(34-17-9-10-33-13-17)22(32-5)12-21(19)31(4)16(3)30-24/h6-8,11-12,15,17H,9-10,13H2,1-5H3/t15-,17?/m1/s1. The largest absolute Gasteiger partial charge is 0.493 e. The molecule has 0 saturated carbocycles. The van der Waals surface area contributed by atoms with Gasteiger partial charge in [0.05, 0.1) is 37.4 Å². The number of rotatable bonds is 5. The van der Waals surface area contributed by atoms with Crippen molar-refractivity contribution < 1.29 is 27.4 Å². The molecule has 6 nitrogen and oxygen atoms in total. The first-order valence-electron chi connectivity index (χ1n) is 11.1. The Balaban J connectivity index is 1.87. The summed E-state index contributed by atoms with van der Waals surface area (Å²) in [6.45, 7) is 6.25. The Bertz CT molecular complexity index is 1280. The van der Waals surface area contributed by atoms with E-state index in [-0.39, 0.29) is 11.7 Å². The molecule has 0 bridgehead atoms. The van der Waals surface area contributed by atoms with Crippen molar-refractivity contribution in [1.29, 1.82) is 0 Å². The molecule has 3 aromatic rings. The zero-order valence-electron chi connectivity index (χ0n) is 19.9. The van der Waals surface area contributed by atoms with Crippen molar-refractivity contribution >= 4 is 10.9 Å². The zero-order chi connectivity index (χ0) is 24.6. The number of fused-ring (bicyclic) bond motifs is 1. The summed E-state index contributed by atoms with van der Waals surface area (Å²) in [6.07, 6.45) is -3.72. The van der Waals surface area contributed by atoms with Crippen LogP contribution < -0.4 is 15.0 Å². The molecule has 1 fully saturated rings. The van der Waals surface area contributed by atoms with Gasteiger partial charge in [-0.2, -0.15) is 13.2 Å². The highest BCUT2D eigenvalue weighted by Gasteiger charge is 2.33. The van der Waals surface area contributed by atoms with E-state index < -0.39 is 17.8 Å². The Morgan fingerprint density at radius 2 is 1.97 bits per heavy atom. The minimum absolute atomic E-state index is 0.0782. The van der Waals surface area contributed by atoms with Crippen LogP contribution >= 0.6 is 0 Å². The van der Waals surface area contributed by atoms with Crippen molar-refractivity contribution in [3.8, 4) is 11.5 Å². The molecule has 0 aliphatic carbocycles. The number of hydrogen-bond donors (Lipinski definition) is 0. The Kier molecular flexibility index (Phi) is 6.58. The molecule has 4 rings (SSSR count). The number of alkyl halides is 3. The van der Waals surface area contributed by atoms with Crippen LogP contribution in [-0.4, -0.2) is 36.0 Å². The molecule has 2 atom stereocenters. The minimum Gasteiger partial charge on any atom is -0.493 e. The smallest absolute Gasteiger partial charge is 0.416 e. The average molecular weight is 476 g/mol. The van der Waals surface area contributed by atoms with Gasteiger partial charge in [-0.3, -0.25) is 4.99 Å². The number of nitrogens with zero attached hydrogens (tertiary/aromatic N) is 3. The molecule has 1 unspecified atom stereocenters. The third kappa shape index (κ3) is 4.61. The third-order valence-corrected chi connectivity index (χ3v) is 6.27. The topological polar surface area (TPSA) is 57.9 Å². The van der Waals surface area contributed by atoms with Crippen molar-refractivity contribution in [2.75, 3.05) is 20.3 Å². The van der Waals surface area contributed by atoms with Crippen molar-refractivity contribution in [3.63, 3.8) is 0 Å². The van der Waals surface area contributed by atoms with Crippen LogP contribution in [0.25, 0.3) is 10.9 Å². The molecule has 182 valence electrons. The second kappa shape index (κ2) is 9.29. The lowest BCUT2D eigenvalue weighted by molar-refractivity contribution is -0.138. The predicted octanol–water partition coefficient (Wildman–Crippen LogP) is 5.05. The highest BCUT2D eigenvalue weighted by molar-refractivity contribution is 5.82. The van der Waals surface area contributed by atoms with E-state index in [0.29, 0.717) is 41.6 Å². The maximum atomic E-state index is 13.4. The molecule has 1 aliphatic heterocycles. The maximum Gasteiger partial charge on any atom is 0.416 e. The molecule has 1 saturated heterocycles. The molecular formula is C25H28F3N3O3. The van der Waals surface area contributed by atoms with Gasteiger partial charge in [0.2, 0.25) is 0 Å². The molecule has 0 N–H and O–H groups in total. The van der Waals surface area contributed by atoms with E-state index >= 15 is 0 Å². The van der Waals surface area contributed by atoms with E-state index in [4.69, 9.17) is 19.2 Å². The van der Waals surface area contributed by atoms with Gasteiger partial charge in [-0.15, -0.1) is 0 Å². The van der Waals surface area contributed by atoms with Crippen LogP contribution in [-0.2, 0) is 18.0 Å². The second-order valence-corrected chi connectivity index (χ2v) is 8.49. The number of aryl methyl sites for hydroxylation is 2. The first-order chi connectivity index (χ1) is 16.1. The van der Waals surface area contributed by atoms with Gasteiger partial charge in [0.1, 0.15) is 11.9 Å². The van der Waals surface area contributed by atoms with Gasteiger partial charge in [-0.1, -0.05) is 12.1 Å². The van der Waals surface area contributed by atoms with Crippen molar-refractivity contribution in [2.45, 2.75) is 45.5 Å². The van der Waals surface area contributed by atoms with Crippen LogP contribution in [0.5, 0.6) is 11.5 Å². The van der Waals surface area contributed by atoms with Gasteiger partial charge in [-0.25, -0.2) is 4.98 Å². The van der Waals surface area contributed by atoms with Gasteiger partial charge in [0.15, 0.2) is 17.0 Å². The lowest BCUT2D eigenvalue weighted by atomic mass is 9.97. The van der Waals surface area contributed by atoms with E-state index in [2.05, 4.69) is 4.98 Å². The van der Waals surface area contributed by atoms with Crippen LogP contribution in [0.3, 0.4) is 0 Å². The SMILES string of the molecule is COc1cc2c(cc1OC1CCOC1)c(=N[C@H](C)c1cccc(C(F)(F)F)c1C)nc(C)n2C. The highest BCUT2D eigenvalue weighted by atomic mass is 19.4. The molecule has 34 heavy (non-hydrogen) atoms. The summed E-state index contributed by atoms with van der Waals surface area (Å²) >= 11 is 0. The van der Waals surface area contributed by atoms with E-state index in [1.54, 1.807) is 20.1 Å². The molecule has 1 aliphatic rings. The van der Waals surface area contributed by atoms with Crippen molar-refractivity contribution in [1.82, 2.24) is 9.55 Å². The molecule has 2 heterocycles. The Morgan fingerprint density at radius 3 is 2.62 bits per heavy atom. The molecule has 1 aromatic heterocycles. The zero-order valence-corrected chi connectivity index (χ0v) is 19.9. The lowest BCUT2D eigenvalue weighted by Gasteiger charge is -2.18. The number of ether oxygens (including phenoxy) is 3. The summed E-state index contributed by atoms with van der Waals surface area (Å²) in [4.78, 5) is 9.41. The molecule has 0 amide bonds. The number of methoxy groups -OCH3 is 1. The van der Waals surface area contributed by atoms with Gasteiger partial charge < -0.3 is 18.8 Å². The number of aromatic nitrogens is 2. The van der Waals surface area contributed by atoms with E-state index in [0.717, 1.165) is 23.4 Å². The van der Waals surface area contributed by atoms with Crippen molar-refractivity contribution in [2.24, 2.45) is 12.0 Å². The third-order valence-electron chi connectivity index (χ3n) is 6.27. The summed E-state index contributed by atoms with van der Waals surface area (Å²) in [5, 5.41) is 0.722. The van der Waals surface area contributed by atoms with Gasteiger partial charge in [0, 0.05) is 24.9 Å². The van der Waals surface area contributed by atoms with E-state index in [1.807, 2.05) is 30.7 Å². The summed E-state index contributed by atoms with van der Waals surface area (Å²) in [5.74, 6) is 1.84. The van der Waals surface area contributed by atoms with Gasteiger partial charge in [-0.05, 0) is 44.0 Å². The number of benzene rings is 2. The summed E-state index contributed by atoms with van der Waals surface area (Å²) in [6, 6.07) is 7.35. The summed E-state index contributed by atoms with van der Waals surface area (Å²) < 4.78 is 59.3. The summed E-state index contributed by atoms with van der Waals surface area (Å²) in [5.41, 5.74) is 1.28. The van der Waals surface area contributed by atoms with E-state index in [1.165, 1.54) is 13.0 Å².